The van der Waals surface area contributed by atoms with Crippen molar-refractivity contribution in [1.29, 1.82) is 0 Å². The number of likely N-dealkylation sites (N-methyl/N-ethyl adjacent to an activating group) is 1. The first kappa shape index (κ1) is 21.2. The minimum Gasteiger partial charge on any atom is -0.354 e. The van der Waals surface area contributed by atoms with E-state index >= 15 is 0 Å². The summed E-state index contributed by atoms with van der Waals surface area (Å²) in [7, 11) is 3.47. The van der Waals surface area contributed by atoms with Gasteiger partial charge in [-0.3, -0.25) is 4.79 Å². The van der Waals surface area contributed by atoms with Crippen molar-refractivity contribution in [1.82, 2.24) is 15.5 Å². The first-order chi connectivity index (χ1) is 9.90. The molecular weight excluding hydrogens is 411 g/mol. The minimum atomic E-state index is -0.00979. The van der Waals surface area contributed by atoms with Crippen molar-refractivity contribution in [3.8, 4) is 0 Å². The van der Waals surface area contributed by atoms with E-state index in [1.165, 1.54) is 4.88 Å². The predicted octanol–water partition coefficient (Wildman–Crippen LogP) is 2.53. The van der Waals surface area contributed by atoms with Crippen LogP contribution in [0.2, 0.25) is 0 Å². The molecule has 0 aliphatic heterocycles. The fourth-order valence-corrected chi connectivity index (χ4v) is 2.05. The van der Waals surface area contributed by atoms with Gasteiger partial charge in [0.25, 0.3) is 0 Å². The fourth-order valence-electron chi connectivity index (χ4n) is 1.41. The second kappa shape index (κ2) is 10.8. The zero-order chi connectivity index (χ0) is 15.8. The molecule has 0 aliphatic rings. The number of thiophene rings is 1. The molecule has 0 aliphatic carbocycles. The second-order valence-corrected chi connectivity index (χ2v) is 6.60. The largest absolute Gasteiger partial charge is 0.354 e. The van der Waals surface area contributed by atoms with Gasteiger partial charge in [-0.2, -0.15) is 0 Å². The highest BCUT2D eigenvalue weighted by atomic mass is 127. The lowest BCUT2D eigenvalue weighted by atomic mass is 10.1. The molecule has 1 aromatic rings. The number of hydrogen-bond acceptors (Lipinski definition) is 3. The number of rotatable bonds is 6. The first-order valence-electron chi connectivity index (χ1n) is 7.17. The Morgan fingerprint density at radius 1 is 1.36 bits per heavy atom. The number of carbonyl (C=O) groups excluding carboxylic acids is 1. The van der Waals surface area contributed by atoms with Crippen molar-refractivity contribution in [2.45, 2.75) is 33.4 Å². The Balaban J connectivity index is 0.00000441. The van der Waals surface area contributed by atoms with Gasteiger partial charge in [-0.15, -0.1) is 35.3 Å². The van der Waals surface area contributed by atoms with Gasteiger partial charge in [0.05, 0.1) is 6.54 Å². The summed E-state index contributed by atoms with van der Waals surface area (Å²) in [5, 5.41) is 8.68. The van der Waals surface area contributed by atoms with Crippen molar-refractivity contribution in [3.05, 3.63) is 22.4 Å². The molecule has 0 spiro atoms. The van der Waals surface area contributed by atoms with E-state index in [0.29, 0.717) is 18.4 Å². The topological polar surface area (TPSA) is 56.7 Å². The highest BCUT2D eigenvalue weighted by Crippen LogP contribution is 2.07. The molecular formula is C15H27IN4OS. The van der Waals surface area contributed by atoms with Gasteiger partial charge in [-0.25, -0.2) is 4.99 Å². The zero-order valence-corrected chi connectivity index (χ0v) is 17.1. The maximum Gasteiger partial charge on any atom is 0.243 e. The number of amides is 1. The molecule has 7 heteroatoms. The van der Waals surface area contributed by atoms with E-state index in [0.717, 1.165) is 0 Å². The average molecular weight is 438 g/mol. The minimum absolute atomic E-state index is 0. The molecule has 1 atom stereocenters. The number of nitrogens with one attached hydrogen (secondary N) is 2. The number of guanidine groups is 1. The molecule has 0 saturated heterocycles. The lowest BCUT2D eigenvalue weighted by molar-refractivity contribution is -0.127. The Bertz CT molecular complexity index is 460. The van der Waals surface area contributed by atoms with Crippen molar-refractivity contribution in [2.75, 3.05) is 20.6 Å². The van der Waals surface area contributed by atoms with Crippen LogP contribution in [0.4, 0.5) is 0 Å². The van der Waals surface area contributed by atoms with Gasteiger partial charge in [-0.1, -0.05) is 19.9 Å². The van der Waals surface area contributed by atoms with E-state index in [9.17, 15) is 4.79 Å². The van der Waals surface area contributed by atoms with Gasteiger partial charge in [0.2, 0.25) is 5.91 Å². The quantitative estimate of drug-likeness (QED) is 0.408. The lowest BCUT2D eigenvalue weighted by Gasteiger charge is -2.21. The van der Waals surface area contributed by atoms with E-state index in [4.69, 9.17) is 0 Å². The van der Waals surface area contributed by atoms with E-state index in [2.05, 4.69) is 42.5 Å². The molecule has 2 N–H and O–H groups in total. The van der Waals surface area contributed by atoms with Crippen LogP contribution in [0.15, 0.2) is 22.5 Å². The van der Waals surface area contributed by atoms with Gasteiger partial charge in [-0.05, 0) is 24.3 Å². The van der Waals surface area contributed by atoms with E-state index in [1.807, 2.05) is 11.4 Å². The summed E-state index contributed by atoms with van der Waals surface area (Å²) in [5.41, 5.74) is 0. The number of nitrogens with zero attached hydrogens (tertiary/aromatic N) is 2. The summed E-state index contributed by atoms with van der Waals surface area (Å²) in [4.78, 5) is 18.8. The Morgan fingerprint density at radius 3 is 2.55 bits per heavy atom. The molecule has 1 heterocycles. The monoisotopic (exact) mass is 438 g/mol. The molecule has 0 radical (unpaired) electrons. The number of carbonyl (C=O) groups is 1. The lowest BCUT2D eigenvalue weighted by Crippen LogP contribution is -2.44. The second-order valence-electron chi connectivity index (χ2n) is 5.56. The van der Waals surface area contributed by atoms with Gasteiger partial charge in [0.15, 0.2) is 5.96 Å². The van der Waals surface area contributed by atoms with Gasteiger partial charge < -0.3 is 15.5 Å². The Labute approximate surface area is 154 Å². The van der Waals surface area contributed by atoms with Crippen LogP contribution in [0.25, 0.3) is 0 Å². The van der Waals surface area contributed by atoms with E-state index in [-0.39, 0.29) is 42.5 Å². The van der Waals surface area contributed by atoms with Gasteiger partial charge >= 0.3 is 0 Å². The van der Waals surface area contributed by atoms with Crippen molar-refractivity contribution >= 4 is 47.2 Å². The summed E-state index contributed by atoms with van der Waals surface area (Å²) in [6, 6.07) is 4.39. The number of hydrogen-bond donors (Lipinski definition) is 2. The number of halogens is 1. The molecule has 0 aromatic carbocycles. The van der Waals surface area contributed by atoms with Gasteiger partial charge in [0, 0.05) is 25.0 Å². The third-order valence-electron chi connectivity index (χ3n) is 3.25. The smallest absolute Gasteiger partial charge is 0.243 e. The predicted molar refractivity (Wildman–Crippen MR) is 105 cm³/mol. The van der Waals surface area contributed by atoms with Crippen LogP contribution in [0.5, 0.6) is 0 Å². The summed E-state index contributed by atoms with van der Waals surface area (Å²) < 4.78 is 0. The summed E-state index contributed by atoms with van der Waals surface area (Å²) in [6.45, 7) is 7.28. The summed E-state index contributed by atoms with van der Waals surface area (Å²) in [5.74, 6) is 1.16. The van der Waals surface area contributed by atoms with Crippen LogP contribution in [0.1, 0.15) is 25.6 Å². The molecule has 0 fully saturated rings. The van der Waals surface area contributed by atoms with Crippen LogP contribution in [0.3, 0.4) is 0 Å². The molecule has 0 bridgehead atoms. The zero-order valence-electron chi connectivity index (χ0n) is 13.9. The standard InChI is InChI=1S/C15H26N4OS.HI/c1-11(2)12(3)18-15(17-10-14(20)19(4)5)16-9-13-7-6-8-21-13;/h6-8,11-12H,9-10H2,1-5H3,(H2,16,17,18);1H. The van der Waals surface area contributed by atoms with Crippen molar-refractivity contribution in [3.63, 3.8) is 0 Å². The van der Waals surface area contributed by atoms with Crippen LogP contribution in [-0.4, -0.2) is 43.4 Å². The fraction of sp³-hybridized carbons (Fsp3) is 0.600. The molecule has 0 saturated carbocycles. The number of aliphatic imine (C=N–C) groups is 1. The summed E-state index contributed by atoms with van der Waals surface area (Å²) >= 11 is 1.70. The third kappa shape index (κ3) is 7.98. The van der Waals surface area contributed by atoms with Crippen molar-refractivity contribution in [2.24, 2.45) is 10.9 Å². The maximum absolute atomic E-state index is 11.7. The molecule has 1 aromatic heterocycles. The normalized spacial score (nSPS) is 12.5. The van der Waals surface area contributed by atoms with Gasteiger partial charge in [0.1, 0.15) is 6.54 Å². The van der Waals surface area contributed by atoms with Crippen molar-refractivity contribution < 1.29 is 4.79 Å². The molecule has 5 nitrogen and oxygen atoms in total. The van der Waals surface area contributed by atoms with Crippen LogP contribution in [0, 0.1) is 5.92 Å². The third-order valence-corrected chi connectivity index (χ3v) is 4.12. The Morgan fingerprint density at radius 2 is 2.05 bits per heavy atom. The highest BCUT2D eigenvalue weighted by molar-refractivity contribution is 14.0. The summed E-state index contributed by atoms with van der Waals surface area (Å²) in [6.07, 6.45) is 0. The highest BCUT2D eigenvalue weighted by Gasteiger charge is 2.10. The first-order valence-corrected chi connectivity index (χ1v) is 8.05. The average Bonchev–Trinajstić information content (AvgIpc) is 2.94. The SMILES string of the molecule is CC(C)C(C)NC(=NCC(=O)N(C)C)NCc1cccs1.I. The molecule has 1 unspecified atom stereocenters. The van der Waals surface area contributed by atoms with Crippen LogP contribution < -0.4 is 10.6 Å². The molecule has 22 heavy (non-hydrogen) atoms. The molecule has 1 amide bonds. The Kier molecular flexibility index (Phi) is 10.4. The Hall–Kier alpha value is -0.830. The van der Waals surface area contributed by atoms with Crippen LogP contribution in [-0.2, 0) is 11.3 Å². The van der Waals surface area contributed by atoms with E-state index in [1.54, 1.807) is 30.3 Å². The molecule has 126 valence electrons. The molecule has 1 rings (SSSR count). The van der Waals surface area contributed by atoms with E-state index < -0.39 is 0 Å². The van der Waals surface area contributed by atoms with Crippen LogP contribution >= 0.6 is 35.3 Å². The maximum atomic E-state index is 11.7.